The number of imidazole rings is 1. The number of halogens is 3. The Morgan fingerprint density at radius 1 is 1.38 bits per heavy atom. The Bertz CT molecular complexity index is 590. The van der Waals surface area contributed by atoms with E-state index in [0.29, 0.717) is 11.1 Å². The lowest BCUT2D eigenvalue weighted by molar-refractivity contribution is 1.05. The fourth-order valence-corrected chi connectivity index (χ4v) is 1.69. The van der Waals surface area contributed by atoms with E-state index in [2.05, 4.69) is 16.0 Å². The lowest BCUT2D eigenvalue weighted by Gasteiger charge is -2.04. The fourth-order valence-electron chi connectivity index (χ4n) is 1.42. The standard InChI is InChI=1S/C10H6Cl3N3/c1-5-2-7-8(3-6(5)4-14)16-9(15-7)10(11,12)13/h2-3H,1H3,(H,15,16). The minimum absolute atomic E-state index is 0.252. The third kappa shape index (κ3) is 1.97. The van der Waals surface area contributed by atoms with E-state index < -0.39 is 3.79 Å². The molecular weight excluding hydrogens is 268 g/mol. The van der Waals surface area contributed by atoms with Crippen LogP contribution in [0.25, 0.3) is 11.0 Å². The number of rotatable bonds is 0. The quantitative estimate of drug-likeness (QED) is 0.747. The number of hydrogen-bond donors (Lipinski definition) is 1. The first kappa shape index (κ1) is 11.5. The molecule has 0 spiro atoms. The SMILES string of the molecule is Cc1cc2[nH]c(C(Cl)(Cl)Cl)nc2cc1C#N. The second-order valence-corrected chi connectivity index (χ2v) is 5.66. The normalized spacial score (nSPS) is 11.7. The number of benzene rings is 1. The van der Waals surface area contributed by atoms with Crippen LogP contribution in [-0.2, 0) is 3.79 Å². The van der Waals surface area contributed by atoms with Gasteiger partial charge in [-0.1, -0.05) is 34.8 Å². The van der Waals surface area contributed by atoms with Crippen molar-refractivity contribution >= 4 is 45.8 Å². The number of alkyl halides is 3. The summed E-state index contributed by atoms with van der Waals surface area (Å²) in [5.41, 5.74) is 2.78. The van der Waals surface area contributed by atoms with E-state index in [4.69, 9.17) is 40.1 Å². The Morgan fingerprint density at radius 3 is 2.62 bits per heavy atom. The Balaban J connectivity index is 2.68. The van der Waals surface area contributed by atoms with Gasteiger partial charge in [-0.2, -0.15) is 5.26 Å². The highest BCUT2D eigenvalue weighted by atomic mass is 35.6. The summed E-state index contributed by atoms with van der Waals surface area (Å²) >= 11 is 17.1. The number of nitrogens with zero attached hydrogens (tertiary/aromatic N) is 2. The van der Waals surface area contributed by atoms with Gasteiger partial charge in [-0.15, -0.1) is 0 Å². The number of aromatic amines is 1. The van der Waals surface area contributed by atoms with Crippen molar-refractivity contribution in [2.45, 2.75) is 10.7 Å². The van der Waals surface area contributed by atoms with E-state index in [1.807, 2.05) is 6.92 Å². The molecule has 0 atom stereocenters. The molecule has 1 aromatic heterocycles. The lowest BCUT2D eigenvalue weighted by Crippen LogP contribution is -2.01. The maximum atomic E-state index is 8.88. The summed E-state index contributed by atoms with van der Waals surface area (Å²) in [7, 11) is 0. The monoisotopic (exact) mass is 273 g/mol. The zero-order valence-electron chi connectivity index (χ0n) is 8.18. The lowest BCUT2D eigenvalue weighted by atomic mass is 10.1. The zero-order valence-corrected chi connectivity index (χ0v) is 10.5. The van der Waals surface area contributed by atoms with E-state index in [-0.39, 0.29) is 5.82 Å². The van der Waals surface area contributed by atoms with Crippen LogP contribution in [-0.4, -0.2) is 9.97 Å². The van der Waals surface area contributed by atoms with Crippen LogP contribution < -0.4 is 0 Å². The van der Waals surface area contributed by atoms with Crippen molar-refractivity contribution in [3.8, 4) is 6.07 Å². The second-order valence-electron chi connectivity index (χ2n) is 3.38. The minimum atomic E-state index is -1.58. The van der Waals surface area contributed by atoms with Gasteiger partial charge in [0.25, 0.3) is 0 Å². The molecule has 82 valence electrons. The average molecular weight is 275 g/mol. The van der Waals surface area contributed by atoms with Crippen molar-refractivity contribution in [2.24, 2.45) is 0 Å². The summed E-state index contributed by atoms with van der Waals surface area (Å²) in [6.45, 7) is 1.84. The predicted molar refractivity (Wildman–Crippen MR) is 64.8 cm³/mol. The Hall–Kier alpha value is -0.950. The first-order valence-corrected chi connectivity index (χ1v) is 5.53. The summed E-state index contributed by atoms with van der Waals surface area (Å²) in [5, 5.41) is 8.88. The van der Waals surface area contributed by atoms with Crippen molar-refractivity contribution in [1.82, 2.24) is 9.97 Å². The molecule has 1 heterocycles. The van der Waals surface area contributed by atoms with Gasteiger partial charge in [0.05, 0.1) is 22.7 Å². The zero-order chi connectivity index (χ0) is 11.9. The summed E-state index contributed by atoms with van der Waals surface area (Å²) in [5.74, 6) is 0.252. The highest BCUT2D eigenvalue weighted by molar-refractivity contribution is 6.66. The third-order valence-electron chi connectivity index (χ3n) is 2.22. The summed E-state index contributed by atoms with van der Waals surface area (Å²) in [6, 6.07) is 5.56. The number of nitrogens with one attached hydrogen (secondary N) is 1. The first-order valence-electron chi connectivity index (χ1n) is 4.39. The van der Waals surface area contributed by atoms with Gasteiger partial charge in [0, 0.05) is 0 Å². The smallest absolute Gasteiger partial charge is 0.248 e. The minimum Gasteiger partial charge on any atom is -0.338 e. The Kier molecular flexibility index (Phi) is 2.75. The molecule has 0 bridgehead atoms. The molecule has 6 heteroatoms. The van der Waals surface area contributed by atoms with E-state index in [1.54, 1.807) is 12.1 Å². The van der Waals surface area contributed by atoms with Crippen molar-refractivity contribution in [3.05, 3.63) is 29.1 Å². The molecule has 0 saturated heterocycles. The van der Waals surface area contributed by atoms with Gasteiger partial charge in [-0.25, -0.2) is 4.98 Å². The van der Waals surface area contributed by atoms with Gasteiger partial charge in [-0.05, 0) is 24.6 Å². The number of H-pyrrole nitrogens is 1. The average Bonchev–Trinajstić information content (AvgIpc) is 2.58. The molecule has 0 saturated carbocycles. The van der Waals surface area contributed by atoms with Crippen LogP contribution >= 0.6 is 34.8 Å². The van der Waals surface area contributed by atoms with E-state index in [1.165, 1.54) is 0 Å². The number of nitriles is 1. The van der Waals surface area contributed by atoms with Crippen molar-refractivity contribution < 1.29 is 0 Å². The highest BCUT2D eigenvalue weighted by Gasteiger charge is 2.27. The molecule has 0 aliphatic heterocycles. The second kappa shape index (κ2) is 3.81. The summed E-state index contributed by atoms with van der Waals surface area (Å²) < 4.78 is -1.58. The molecular formula is C10H6Cl3N3. The number of aromatic nitrogens is 2. The van der Waals surface area contributed by atoms with Gasteiger partial charge < -0.3 is 4.98 Å². The van der Waals surface area contributed by atoms with E-state index in [0.717, 1.165) is 11.1 Å². The Labute approximate surface area is 107 Å². The van der Waals surface area contributed by atoms with Crippen LogP contribution in [0.1, 0.15) is 17.0 Å². The van der Waals surface area contributed by atoms with Crippen LogP contribution in [0.15, 0.2) is 12.1 Å². The fraction of sp³-hybridized carbons (Fsp3) is 0.200. The molecule has 0 aliphatic carbocycles. The molecule has 0 aliphatic rings. The van der Waals surface area contributed by atoms with Crippen LogP contribution in [0, 0.1) is 18.3 Å². The molecule has 0 amide bonds. The topological polar surface area (TPSA) is 52.5 Å². The van der Waals surface area contributed by atoms with Crippen molar-refractivity contribution in [1.29, 1.82) is 5.26 Å². The van der Waals surface area contributed by atoms with Gasteiger partial charge in [0.1, 0.15) is 0 Å². The number of hydrogen-bond acceptors (Lipinski definition) is 2. The van der Waals surface area contributed by atoms with Crippen LogP contribution in [0.4, 0.5) is 0 Å². The van der Waals surface area contributed by atoms with Crippen LogP contribution in [0.2, 0.25) is 0 Å². The van der Waals surface area contributed by atoms with E-state index in [9.17, 15) is 0 Å². The summed E-state index contributed by atoms with van der Waals surface area (Å²) in [4.78, 5) is 7.04. The van der Waals surface area contributed by atoms with Gasteiger partial charge in [-0.3, -0.25) is 0 Å². The summed E-state index contributed by atoms with van der Waals surface area (Å²) in [6.07, 6.45) is 0. The van der Waals surface area contributed by atoms with Gasteiger partial charge in [0.2, 0.25) is 3.79 Å². The molecule has 0 unspecified atom stereocenters. The van der Waals surface area contributed by atoms with Gasteiger partial charge >= 0.3 is 0 Å². The molecule has 16 heavy (non-hydrogen) atoms. The van der Waals surface area contributed by atoms with Gasteiger partial charge in [0.15, 0.2) is 5.82 Å². The maximum absolute atomic E-state index is 8.88. The van der Waals surface area contributed by atoms with E-state index >= 15 is 0 Å². The maximum Gasteiger partial charge on any atom is 0.248 e. The molecule has 0 radical (unpaired) electrons. The first-order chi connectivity index (χ1) is 7.41. The highest BCUT2D eigenvalue weighted by Crippen LogP contribution is 2.37. The molecule has 0 fully saturated rings. The Morgan fingerprint density at radius 2 is 2.06 bits per heavy atom. The van der Waals surface area contributed by atoms with Crippen molar-refractivity contribution in [2.75, 3.05) is 0 Å². The van der Waals surface area contributed by atoms with Crippen LogP contribution in [0.3, 0.4) is 0 Å². The molecule has 2 aromatic rings. The van der Waals surface area contributed by atoms with Crippen LogP contribution in [0.5, 0.6) is 0 Å². The molecule has 1 aromatic carbocycles. The molecule has 2 rings (SSSR count). The van der Waals surface area contributed by atoms with Crippen molar-refractivity contribution in [3.63, 3.8) is 0 Å². The number of fused-ring (bicyclic) bond motifs is 1. The molecule has 3 nitrogen and oxygen atoms in total. The molecule has 1 N–H and O–H groups in total. The largest absolute Gasteiger partial charge is 0.338 e. The predicted octanol–water partition coefficient (Wildman–Crippen LogP) is 3.57. The third-order valence-corrected chi connectivity index (χ3v) is 2.75. The number of aryl methyl sites for hydroxylation is 1.